The fourth-order valence-electron chi connectivity index (χ4n) is 3.32. The molecular formula is C26H26N6O2S. The molecule has 0 bridgehead atoms. The summed E-state index contributed by atoms with van der Waals surface area (Å²) in [6.45, 7) is 3.44. The summed E-state index contributed by atoms with van der Waals surface area (Å²) >= 11 is 1.67. The number of aromatic hydroxyl groups is 1. The van der Waals surface area contributed by atoms with Crippen molar-refractivity contribution in [3.8, 4) is 11.5 Å². The molecule has 1 heterocycles. The van der Waals surface area contributed by atoms with E-state index in [2.05, 4.69) is 25.1 Å². The van der Waals surface area contributed by atoms with Gasteiger partial charge in [0.25, 0.3) is 0 Å². The second-order valence-corrected chi connectivity index (χ2v) is 8.49. The third-order valence-electron chi connectivity index (χ3n) is 5.04. The molecule has 4 rings (SSSR count). The Morgan fingerprint density at radius 1 is 1.09 bits per heavy atom. The van der Waals surface area contributed by atoms with Gasteiger partial charge in [-0.05, 0) is 48.9 Å². The van der Waals surface area contributed by atoms with Crippen LogP contribution in [0.15, 0.2) is 93.0 Å². The van der Waals surface area contributed by atoms with E-state index in [1.165, 1.54) is 6.34 Å². The highest BCUT2D eigenvalue weighted by Gasteiger charge is 2.23. The zero-order valence-corrected chi connectivity index (χ0v) is 20.1. The number of thioether (sulfide) groups is 1. The van der Waals surface area contributed by atoms with Crippen LogP contribution in [0.2, 0.25) is 0 Å². The van der Waals surface area contributed by atoms with Crippen molar-refractivity contribution >= 4 is 46.7 Å². The Morgan fingerprint density at radius 2 is 1.86 bits per heavy atom. The van der Waals surface area contributed by atoms with Crippen LogP contribution >= 0.6 is 11.8 Å². The Labute approximate surface area is 208 Å². The van der Waals surface area contributed by atoms with E-state index in [-0.39, 0.29) is 5.75 Å². The molecule has 1 fully saturated rings. The van der Waals surface area contributed by atoms with Crippen LogP contribution in [0.25, 0.3) is 0 Å². The number of para-hydroxylation sites is 2. The molecule has 0 radical (unpaired) electrons. The van der Waals surface area contributed by atoms with Gasteiger partial charge in [0.05, 0.1) is 24.2 Å². The van der Waals surface area contributed by atoms with Crippen LogP contribution in [0.1, 0.15) is 18.1 Å². The molecule has 3 aromatic rings. The number of hydrogen-bond acceptors (Lipinski definition) is 6. The van der Waals surface area contributed by atoms with Gasteiger partial charge in [-0.3, -0.25) is 0 Å². The van der Waals surface area contributed by atoms with Gasteiger partial charge in [0.15, 0.2) is 5.17 Å². The first-order chi connectivity index (χ1) is 17.1. The van der Waals surface area contributed by atoms with Gasteiger partial charge in [0.2, 0.25) is 0 Å². The van der Waals surface area contributed by atoms with Crippen molar-refractivity contribution in [1.29, 1.82) is 0 Å². The van der Waals surface area contributed by atoms with E-state index in [1.807, 2.05) is 55.5 Å². The minimum Gasteiger partial charge on any atom is -0.508 e. The predicted molar refractivity (Wildman–Crippen MR) is 146 cm³/mol. The summed E-state index contributed by atoms with van der Waals surface area (Å²) in [5, 5.41) is 18.9. The first-order valence-electron chi connectivity index (χ1n) is 11.1. The number of phenols is 1. The first-order valence-corrected chi connectivity index (χ1v) is 12.1. The smallest absolute Gasteiger partial charge is 0.190 e. The minimum absolute atomic E-state index is 0.188. The number of rotatable bonds is 8. The summed E-state index contributed by atoms with van der Waals surface area (Å²) in [7, 11) is 0. The number of aliphatic imine (C=N–C) groups is 2. The second kappa shape index (κ2) is 11.8. The van der Waals surface area contributed by atoms with Gasteiger partial charge in [-0.1, -0.05) is 48.2 Å². The molecule has 0 aliphatic carbocycles. The summed E-state index contributed by atoms with van der Waals surface area (Å²) in [5.41, 5.74) is 9.41. The van der Waals surface area contributed by atoms with Crippen molar-refractivity contribution in [3.63, 3.8) is 0 Å². The molecule has 0 amide bonds. The lowest BCUT2D eigenvalue weighted by molar-refractivity contribution is 0.341. The van der Waals surface area contributed by atoms with Crippen molar-refractivity contribution in [1.82, 2.24) is 0 Å². The van der Waals surface area contributed by atoms with Crippen molar-refractivity contribution < 1.29 is 9.84 Å². The number of hydrogen-bond donors (Lipinski definition) is 2. The second-order valence-electron chi connectivity index (χ2n) is 7.43. The number of phenolic OH excluding ortho intramolecular Hbond substituents is 1. The van der Waals surface area contributed by atoms with E-state index < -0.39 is 0 Å². The summed E-state index contributed by atoms with van der Waals surface area (Å²) in [6, 6.07) is 22.0. The van der Waals surface area contributed by atoms with Crippen LogP contribution in [0.4, 0.5) is 11.4 Å². The summed E-state index contributed by atoms with van der Waals surface area (Å²) in [5.74, 6) is 2.32. The van der Waals surface area contributed by atoms with E-state index in [0.29, 0.717) is 18.1 Å². The van der Waals surface area contributed by atoms with Gasteiger partial charge >= 0.3 is 0 Å². The molecule has 3 N–H and O–H groups in total. The number of ether oxygens (including phenoxy) is 1. The van der Waals surface area contributed by atoms with Crippen molar-refractivity contribution in [3.05, 3.63) is 83.9 Å². The van der Waals surface area contributed by atoms with Crippen LogP contribution in [-0.2, 0) is 0 Å². The average Bonchev–Trinajstić information content (AvgIpc) is 3.34. The minimum atomic E-state index is 0.188. The molecule has 1 aliphatic rings. The maximum absolute atomic E-state index is 9.31. The molecule has 178 valence electrons. The Balaban J connectivity index is 1.40. The standard InChI is InChI=1S/C26H26N6O2S/c1-2-34-24-6-4-3-5-23(24)32-15-16-35-26(32)31-30-17-19-7-9-20(10-8-19)25(27)29-18-28-21-11-13-22(33)14-12-21/h3-14,17-18,33H,2,15-16H2,1H3,(H2,27,28,29)/b30-17-,31-26+. The molecule has 0 aromatic heterocycles. The quantitative estimate of drug-likeness (QED) is 0.270. The summed E-state index contributed by atoms with van der Waals surface area (Å²) in [6.07, 6.45) is 3.10. The molecule has 1 saturated heterocycles. The SMILES string of the molecule is CCOc1ccccc1N1CCS/C1=N/N=C\c1ccc(C(N)=NC=Nc2ccc(O)cc2)cc1. The Kier molecular flexibility index (Phi) is 8.13. The van der Waals surface area contributed by atoms with Gasteiger partial charge in [0.1, 0.15) is 23.7 Å². The average molecular weight is 487 g/mol. The van der Waals surface area contributed by atoms with Crippen molar-refractivity contribution in [2.24, 2.45) is 25.9 Å². The molecule has 3 aromatic carbocycles. The molecule has 35 heavy (non-hydrogen) atoms. The van der Waals surface area contributed by atoms with Gasteiger partial charge in [-0.25, -0.2) is 9.98 Å². The maximum Gasteiger partial charge on any atom is 0.190 e. The lowest BCUT2D eigenvalue weighted by Crippen LogP contribution is -2.24. The first kappa shape index (κ1) is 24.0. The molecule has 0 unspecified atom stereocenters. The number of anilines is 1. The Bertz CT molecular complexity index is 1250. The third-order valence-corrected chi connectivity index (χ3v) is 5.99. The highest BCUT2D eigenvalue weighted by Crippen LogP contribution is 2.33. The largest absolute Gasteiger partial charge is 0.508 e. The highest BCUT2D eigenvalue weighted by molar-refractivity contribution is 8.14. The highest BCUT2D eigenvalue weighted by atomic mass is 32.2. The number of nitrogens with two attached hydrogens (primary N) is 1. The summed E-state index contributed by atoms with van der Waals surface area (Å²) < 4.78 is 5.77. The van der Waals surface area contributed by atoms with Gasteiger partial charge in [-0.15, -0.1) is 5.10 Å². The monoisotopic (exact) mass is 486 g/mol. The molecule has 8 nitrogen and oxygen atoms in total. The van der Waals surface area contributed by atoms with E-state index in [9.17, 15) is 5.11 Å². The Morgan fingerprint density at radius 3 is 2.63 bits per heavy atom. The lowest BCUT2D eigenvalue weighted by atomic mass is 10.1. The molecule has 0 atom stereocenters. The Hall–Kier alpha value is -4.11. The maximum atomic E-state index is 9.31. The molecule has 0 saturated carbocycles. The topological polar surface area (TPSA) is 108 Å². The zero-order chi connectivity index (χ0) is 24.5. The van der Waals surface area contributed by atoms with E-state index in [0.717, 1.165) is 40.0 Å². The third kappa shape index (κ3) is 6.48. The number of amidine groups is 2. The van der Waals surface area contributed by atoms with E-state index in [4.69, 9.17) is 10.5 Å². The van der Waals surface area contributed by atoms with Crippen LogP contribution in [-0.4, -0.2) is 47.6 Å². The zero-order valence-electron chi connectivity index (χ0n) is 19.3. The van der Waals surface area contributed by atoms with Crippen molar-refractivity contribution in [2.45, 2.75) is 6.92 Å². The molecule has 1 aliphatic heterocycles. The summed E-state index contributed by atoms with van der Waals surface area (Å²) in [4.78, 5) is 10.5. The number of nitrogens with zero attached hydrogens (tertiary/aromatic N) is 5. The fourth-order valence-corrected chi connectivity index (χ4v) is 4.23. The van der Waals surface area contributed by atoms with Crippen molar-refractivity contribution in [2.75, 3.05) is 23.8 Å². The van der Waals surface area contributed by atoms with Gasteiger partial charge in [0, 0.05) is 17.9 Å². The molecule has 9 heteroatoms. The van der Waals surface area contributed by atoms with Gasteiger partial charge in [-0.2, -0.15) is 5.10 Å². The van der Waals surface area contributed by atoms with Gasteiger partial charge < -0.3 is 20.5 Å². The fraction of sp³-hybridized carbons (Fsp3) is 0.154. The van der Waals surface area contributed by atoms with Crippen LogP contribution in [0, 0.1) is 0 Å². The number of benzene rings is 3. The molecular weight excluding hydrogens is 460 g/mol. The lowest BCUT2D eigenvalue weighted by Gasteiger charge is -2.20. The van der Waals surface area contributed by atoms with Crippen LogP contribution in [0.3, 0.4) is 0 Å². The van der Waals surface area contributed by atoms with Crippen LogP contribution < -0.4 is 15.4 Å². The molecule has 0 spiro atoms. The van der Waals surface area contributed by atoms with Crippen LogP contribution in [0.5, 0.6) is 11.5 Å². The van der Waals surface area contributed by atoms with E-state index >= 15 is 0 Å². The van der Waals surface area contributed by atoms with E-state index in [1.54, 1.807) is 42.2 Å². The predicted octanol–water partition coefficient (Wildman–Crippen LogP) is 4.80. The normalized spacial score (nSPS) is 15.5.